The number of nitrogens with one attached hydrogen (secondary N) is 2. The van der Waals surface area contributed by atoms with Crippen LogP contribution in [0, 0.1) is 12.8 Å². The predicted molar refractivity (Wildman–Crippen MR) is 123 cm³/mol. The van der Waals surface area contributed by atoms with E-state index >= 15 is 0 Å². The molecule has 0 spiro atoms. The topological polar surface area (TPSA) is 87.7 Å². The molecule has 0 aromatic heterocycles. The number of carbonyl (C=O) groups excluding carboxylic acids is 3. The highest BCUT2D eigenvalue weighted by molar-refractivity contribution is 5.92. The summed E-state index contributed by atoms with van der Waals surface area (Å²) in [6.07, 6.45) is -0.667. The molecule has 0 saturated carbocycles. The van der Waals surface area contributed by atoms with Gasteiger partial charge in [0, 0.05) is 12.6 Å². The summed E-state index contributed by atoms with van der Waals surface area (Å²) in [6, 6.07) is 5.84. The van der Waals surface area contributed by atoms with Gasteiger partial charge in [0.05, 0.1) is 0 Å². The van der Waals surface area contributed by atoms with E-state index in [1.54, 1.807) is 27.8 Å². The first-order valence-electron chi connectivity index (χ1n) is 10.7. The summed E-state index contributed by atoms with van der Waals surface area (Å²) in [5.74, 6) is -0.851. The Kier molecular flexibility index (Phi) is 8.67. The van der Waals surface area contributed by atoms with Crippen LogP contribution >= 0.6 is 0 Å². The maximum Gasteiger partial charge on any atom is 0.408 e. The normalized spacial score (nSPS) is 13.9. The molecule has 0 fully saturated rings. The first kappa shape index (κ1) is 26.5. The molecule has 2 atom stereocenters. The molecule has 1 rings (SSSR count). The van der Waals surface area contributed by atoms with Crippen LogP contribution < -0.4 is 10.6 Å². The number of amides is 3. The van der Waals surface area contributed by atoms with Gasteiger partial charge >= 0.3 is 6.09 Å². The molecule has 7 nitrogen and oxygen atoms in total. The third-order valence-corrected chi connectivity index (χ3v) is 4.44. The third-order valence-electron chi connectivity index (χ3n) is 4.44. The minimum absolute atomic E-state index is 0.202. The van der Waals surface area contributed by atoms with Crippen molar-refractivity contribution < 1.29 is 19.1 Å². The molecule has 0 bridgehead atoms. The van der Waals surface area contributed by atoms with E-state index in [0.29, 0.717) is 5.56 Å². The van der Waals surface area contributed by atoms with Crippen LogP contribution in [-0.2, 0) is 14.3 Å². The van der Waals surface area contributed by atoms with Crippen LogP contribution in [0.1, 0.15) is 72.6 Å². The van der Waals surface area contributed by atoms with Crippen molar-refractivity contribution in [3.63, 3.8) is 0 Å². The fourth-order valence-corrected chi connectivity index (χ4v) is 3.12. The summed E-state index contributed by atoms with van der Waals surface area (Å²) in [6.45, 7) is 16.6. The number of alkyl carbamates (subject to hydrolysis) is 1. The second-order valence-corrected chi connectivity index (χ2v) is 10.4. The third kappa shape index (κ3) is 8.59. The van der Waals surface area contributed by atoms with Gasteiger partial charge in [0.15, 0.2) is 0 Å². The number of likely N-dealkylation sites (N-methyl/N-ethyl adjacent to an activating group) is 1. The number of aryl methyl sites for hydroxylation is 1. The first-order chi connectivity index (χ1) is 14.0. The van der Waals surface area contributed by atoms with Crippen LogP contribution in [0.2, 0.25) is 0 Å². The molecule has 174 valence electrons. The van der Waals surface area contributed by atoms with E-state index in [0.717, 1.165) is 5.56 Å². The monoisotopic (exact) mass is 433 g/mol. The summed E-state index contributed by atoms with van der Waals surface area (Å²) in [4.78, 5) is 40.4. The number of benzene rings is 1. The number of ether oxygens (including phenoxy) is 1. The van der Waals surface area contributed by atoms with E-state index in [1.807, 2.05) is 65.8 Å². The van der Waals surface area contributed by atoms with Crippen LogP contribution in [0.4, 0.5) is 4.79 Å². The van der Waals surface area contributed by atoms with Gasteiger partial charge in [-0.15, -0.1) is 0 Å². The zero-order chi connectivity index (χ0) is 24.1. The van der Waals surface area contributed by atoms with Gasteiger partial charge in [-0.2, -0.15) is 0 Å². The molecule has 0 aliphatic carbocycles. The Balaban J connectivity index is 3.25. The Bertz CT molecular complexity index is 791. The Morgan fingerprint density at radius 2 is 1.61 bits per heavy atom. The molecular weight excluding hydrogens is 394 g/mol. The number of rotatable bonds is 6. The van der Waals surface area contributed by atoms with Gasteiger partial charge < -0.3 is 20.3 Å². The van der Waals surface area contributed by atoms with E-state index < -0.39 is 29.3 Å². The van der Waals surface area contributed by atoms with Crippen molar-refractivity contribution in [1.82, 2.24) is 15.5 Å². The van der Waals surface area contributed by atoms with Crippen LogP contribution in [0.25, 0.3) is 0 Å². The van der Waals surface area contributed by atoms with Gasteiger partial charge in [0.25, 0.3) is 0 Å². The van der Waals surface area contributed by atoms with Crippen molar-refractivity contribution in [2.75, 3.05) is 7.05 Å². The van der Waals surface area contributed by atoms with Gasteiger partial charge in [-0.3, -0.25) is 9.59 Å². The van der Waals surface area contributed by atoms with E-state index in [9.17, 15) is 14.4 Å². The summed E-state index contributed by atoms with van der Waals surface area (Å²) in [5, 5.41) is 5.64. The van der Waals surface area contributed by atoms with Gasteiger partial charge in [-0.05, 0) is 59.9 Å². The smallest absolute Gasteiger partial charge is 0.408 e. The lowest BCUT2D eigenvalue weighted by Gasteiger charge is -2.34. The lowest BCUT2D eigenvalue weighted by Crippen LogP contribution is -2.55. The maximum absolute atomic E-state index is 13.4. The van der Waals surface area contributed by atoms with Crippen molar-refractivity contribution in [3.05, 3.63) is 35.4 Å². The average Bonchev–Trinajstić information content (AvgIpc) is 2.55. The minimum Gasteiger partial charge on any atom is -0.444 e. The molecule has 2 unspecified atom stereocenters. The number of nitrogens with zero attached hydrogens (tertiary/aromatic N) is 1. The molecule has 31 heavy (non-hydrogen) atoms. The van der Waals surface area contributed by atoms with Gasteiger partial charge in [-0.25, -0.2) is 4.79 Å². The van der Waals surface area contributed by atoms with Crippen molar-refractivity contribution in [1.29, 1.82) is 0 Å². The average molecular weight is 434 g/mol. The molecular formula is C24H39N3O4. The Morgan fingerprint density at radius 1 is 1.03 bits per heavy atom. The lowest BCUT2D eigenvalue weighted by molar-refractivity contribution is -0.142. The fraction of sp³-hybridized carbons (Fsp3) is 0.625. The predicted octanol–water partition coefficient (Wildman–Crippen LogP) is 3.96. The van der Waals surface area contributed by atoms with Crippen molar-refractivity contribution in [2.45, 2.75) is 85.5 Å². The highest BCUT2D eigenvalue weighted by Crippen LogP contribution is 2.24. The number of carbonyl (C=O) groups is 3. The molecule has 7 heteroatoms. The van der Waals surface area contributed by atoms with Gasteiger partial charge in [0.1, 0.15) is 17.7 Å². The van der Waals surface area contributed by atoms with Crippen LogP contribution in [0.5, 0.6) is 0 Å². The van der Waals surface area contributed by atoms with E-state index in [4.69, 9.17) is 4.74 Å². The molecule has 0 aliphatic rings. The molecule has 1 aromatic rings. The highest BCUT2D eigenvalue weighted by atomic mass is 16.6. The first-order valence-corrected chi connectivity index (χ1v) is 10.7. The highest BCUT2D eigenvalue weighted by Gasteiger charge is 2.36. The number of hydrogen-bond acceptors (Lipinski definition) is 4. The zero-order valence-electron chi connectivity index (χ0n) is 20.6. The van der Waals surface area contributed by atoms with Gasteiger partial charge in [0.2, 0.25) is 11.8 Å². The molecule has 3 amide bonds. The van der Waals surface area contributed by atoms with Crippen LogP contribution in [0.15, 0.2) is 24.3 Å². The SMILES string of the molecule is Cc1cccc(C(C(=O)NC(C)(C)C)N(C)C(=O)C(NC(=O)OC(C)(C)C)C(C)C)c1. The second-order valence-electron chi connectivity index (χ2n) is 10.4. The standard InChI is InChI=1S/C24H39N3O4/c1-15(2)18(25-22(30)31-24(7,8)9)21(29)27(10)19(20(28)26-23(4,5)6)17-13-11-12-16(3)14-17/h11-15,18-19H,1-10H3,(H,25,30)(H,26,28). The Hall–Kier alpha value is -2.57. The van der Waals surface area contributed by atoms with E-state index in [-0.39, 0.29) is 17.7 Å². The lowest BCUT2D eigenvalue weighted by atomic mass is 9.97. The van der Waals surface area contributed by atoms with Crippen molar-refractivity contribution >= 4 is 17.9 Å². The molecule has 0 heterocycles. The molecule has 2 N–H and O–H groups in total. The number of hydrogen-bond donors (Lipinski definition) is 2. The quantitative estimate of drug-likeness (QED) is 0.711. The molecule has 0 radical (unpaired) electrons. The summed E-state index contributed by atoms with van der Waals surface area (Å²) >= 11 is 0. The largest absolute Gasteiger partial charge is 0.444 e. The maximum atomic E-state index is 13.4. The Labute approximate surface area is 186 Å². The fourth-order valence-electron chi connectivity index (χ4n) is 3.12. The summed E-state index contributed by atoms with van der Waals surface area (Å²) in [5.41, 5.74) is 0.545. The van der Waals surface area contributed by atoms with E-state index in [2.05, 4.69) is 10.6 Å². The molecule has 0 saturated heterocycles. The summed E-state index contributed by atoms with van der Waals surface area (Å²) < 4.78 is 5.32. The second kappa shape index (κ2) is 10.2. The van der Waals surface area contributed by atoms with E-state index in [1.165, 1.54) is 4.90 Å². The Morgan fingerprint density at radius 3 is 2.06 bits per heavy atom. The van der Waals surface area contributed by atoms with Crippen molar-refractivity contribution in [2.24, 2.45) is 5.92 Å². The molecule has 0 aliphatic heterocycles. The van der Waals surface area contributed by atoms with Crippen molar-refractivity contribution in [3.8, 4) is 0 Å². The van der Waals surface area contributed by atoms with Gasteiger partial charge in [-0.1, -0.05) is 43.7 Å². The van der Waals surface area contributed by atoms with Crippen LogP contribution in [-0.4, -0.2) is 47.0 Å². The van der Waals surface area contributed by atoms with Crippen LogP contribution in [0.3, 0.4) is 0 Å². The zero-order valence-corrected chi connectivity index (χ0v) is 20.6. The minimum atomic E-state index is -0.840. The summed E-state index contributed by atoms with van der Waals surface area (Å²) in [7, 11) is 1.59. The molecule has 1 aromatic carbocycles.